The van der Waals surface area contributed by atoms with Gasteiger partial charge in [0.1, 0.15) is 5.56 Å². The van der Waals surface area contributed by atoms with Gasteiger partial charge in [-0.3, -0.25) is 4.68 Å². The Bertz CT molecular complexity index is 1180. The number of benzene rings is 2. The summed E-state index contributed by atoms with van der Waals surface area (Å²) in [5.41, 5.74) is 4.36. The lowest BCUT2D eigenvalue weighted by Gasteiger charge is -2.11. The quantitative estimate of drug-likeness (QED) is 0.538. The zero-order chi connectivity index (χ0) is 22.6. The van der Waals surface area contributed by atoms with Gasteiger partial charge >= 0.3 is 5.97 Å². The molecule has 3 aromatic rings. The molecule has 31 heavy (non-hydrogen) atoms. The van der Waals surface area contributed by atoms with Crippen LogP contribution in [0, 0.1) is 0 Å². The Kier molecular flexibility index (Phi) is 6.92. The molecule has 1 aromatic heterocycles. The molecule has 2 N–H and O–H groups in total. The number of methoxy groups -OCH3 is 1. The summed E-state index contributed by atoms with van der Waals surface area (Å²) >= 11 is 0. The number of nitrogens with two attached hydrogens (primary N) is 1. The highest BCUT2D eigenvalue weighted by molar-refractivity contribution is 7.89. The molecule has 8 heteroatoms. The zero-order valence-electron chi connectivity index (χ0n) is 18.0. The first-order valence-corrected chi connectivity index (χ1v) is 11.7. The van der Waals surface area contributed by atoms with Gasteiger partial charge in [-0.25, -0.2) is 18.4 Å². The van der Waals surface area contributed by atoms with Crippen molar-refractivity contribution in [3.63, 3.8) is 0 Å². The van der Waals surface area contributed by atoms with Gasteiger partial charge < -0.3 is 4.74 Å². The molecule has 0 bridgehead atoms. The number of esters is 1. The third kappa shape index (κ3) is 4.86. The number of aryl methyl sites for hydroxylation is 2. The van der Waals surface area contributed by atoms with Crippen molar-refractivity contribution >= 4 is 16.0 Å². The minimum Gasteiger partial charge on any atom is -0.465 e. The van der Waals surface area contributed by atoms with E-state index in [-0.39, 0.29) is 10.9 Å². The van der Waals surface area contributed by atoms with E-state index in [9.17, 15) is 13.2 Å². The molecule has 7 nitrogen and oxygen atoms in total. The predicted molar refractivity (Wildman–Crippen MR) is 119 cm³/mol. The Morgan fingerprint density at radius 2 is 1.77 bits per heavy atom. The molecule has 164 valence electrons. The molecule has 0 spiro atoms. The van der Waals surface area contributed by atoms with Crippen molar-refractivity contribution in [2.45, 2.75) is 44.6 Å². The van der Waals surface area contributed by atoms with Crippen molar-refractivity contribution in [1.29, 1.82) is 0 Å². The largest absolute Gasteiger partial charge is 0.465 e. The van der Waals surface area contributed by atoms with Crippen molar-refractivity contribution in [3.05, 3.63) is 71.0 Å². The molecule has 1 heterocycles. The lowest BCUT2D eigenvalue weighted by molar-refractivity contribution is 0.0598. The number of hydrogen-bond donors (Lipinski definition) is 1. The highest BCUT2D eigenvalue weighted by Crippen LogP contribution is 2.28. The maximum absolute atomic E-state index is 12.4. The molecular weight excluding hydrogens is 414 g/mol. The van der Waals surface area contributed by atoms with E-state index in [0.29, 0.717) is 30.5 Å². The van der Waals surface area contributed by atoms with E-state index >= 15 is 0 Å². The third-order valence-corrected chi connectivity index (χ3v) is 6.09. The summed E-state index contributed by atoms with van der Waals surface area (Å²) in [6, 6.07) is 14.2. The van der Waals surface area contributed by atoms with Crippen molar-refractivity contribution in [2.75, 3.05) is 7.11 Å². The van der Waals surface area contributed by atoms with Gasteiger partial charge in [0.25, 0.3) is 0 Å². The van der Waals surface area contributed by atoms with E-state index in [1.54, 1.807) is 18.2 Å². The van der Waals surface area contributed by atoms with Crippen LogP contribution in [-0.2, 0) is 34.1 Å². The van der Waals surface area contributed by atoms with E-state index in [0.717, 1.165) is 28.9 Å². The maximum atomic E-state index is 12.4. The van der Waals surface area contributed by atoms with Crippen LogP contribution in [-0.4, -0.2) is 31.3 Å². The average Bonchev–Trinajstić information content (AvgIpc) is 3.10. The third-order valence-electron chi connectivity index (χ3n) is 5.12. The number of sulfonamides is 1. The summed E-state index contributed by atoms with van der Waals surface area (Å²) in [5, 5.41) is 9.99. The average molecular weight is 442 g/mol. The van der Waals surface area contributed by atoms with E-state index in [1.165, 1.54) is 13.2 Å². The number of aromatic nitrogens is 2. The Morgan fingerprint density at radius 3 is 2.35 bits per heavy atom. The van der Waals surface area contributed by atoms with E-state index in [2.05, 4.69) is 12.0 Å². The molecule has 2 aromatic carbocycles. The SMILES string of the molecule is CCCn1nc(CC)c(C(=O)OC)c1Cc1ccc(-c2ccccc2S(N)(=O)=O)cc1. The summed E-state index contributed by atoms with van der Waals surface area (Å²) < 4.78 is 30.7. The Hall–Kier alpha value is -2.97. The molecule has 0 radical (unpaired) electrons. The topological polar surface area (TPSA) is 104 Å². The van der Waals surface area contributed by atoms with Crippen LogP contribution < -0.4 is 5.14 Å². The normalized spacial score (nSPS) is 11.5. The summed E-state index contributed by atoms with van der Waals surface area (Å²) in [6.45, 7) is 4.73. The molecule has 0 saturated heterocycles. The molecular formula is C23H27N3O4S. The fourth-order valence-electron chi connectivity index (χ4n) is 3.66. The van der Waals surface area contributed by atoms with Crippen LogP contribution in [0.25, 0.3) is 11.1 Å². The standard InChI is InChI=1S/C23H27N3O4S/c1-4-14-26-20(22(23(27)30-3)19(5-2)25-26)15-16-10-12-17(13-11-16)18-8-6-7-9-21(18)31(24,28)29/h6-13H,4-5,14-15H2,1-3H3,(H2,24,28,29). The Morgan fingerprint density at radius 1 is 1.10 bits per heavy atom. The van der Waals surface area contributed by atoms with E-state index in [1.807, 2.05) is 35.9 Å². The zero-order valence-corrected chi connectivity index (χ0v) is 18.8. The number of rotatable bonds is 8. The molecule has 0 unspecified atom stereocenters. The fraction of sp³-hybridized carbons (Fsp3) is 0.304. The van der Waals surface area contributed by atoms with Gasteiger partial charge in [0, 0.05) is 18.5 Å². The van der Waals surface area contributed by atoms with Gasteiger partial charge in [0.05, 0.1) is 23.4 Å². The van der Waals surface area contributed by atoms with Crippen molar-refractivity contribution in [2.24, 2.45) is 5.14 Å². The summed E-state index contributed by atoms with van der Waals surface area (Å²) in [7, 11) is -2.46. The number of nitrogens with zero attached hydrogens (tertiary/aromatic N) is 2. The number of ether oxygens (including phenoxy) is 1. The maximum Gasteiger partial charge on any atom is 0.341 e. The molecule has 0 fully saturated rings. The van der Waals surface area contributed by atoms with Gasteiger partial charge in [0.2, 0.25) is 10.0 Å². The second kappa shape index (κ2) is 9.45. The summed E-state index contributed by atoms with van der Waals surface area (Å²) in [4.78, 5) is 12.5. The summed E-state index contributed by atoms with van der Waals surface area (Å²) in [6.07, 6.45) is 2.04. The van der Waals surface area contributed by atoms with Gasteiger partial charge in [-0.2, -0.15) is 5.10 Å². The molecule has 0 amide bonds. The van der Waals surface area contributed by atoms with Crippen LogP contribution in [0.3, 0.4) is 0 Å². The first-order valence-electron chi connectivity index (χ1n) is 10.2. The van der Waals surface area contributed by atoms with Crippen molar-refractivity contribution < 1.29 is 17.9 Å². The highest BCUT2D eigenvalue weighted by atomic mass is 32.2. The smallest absolute Gasteiger partial charge is 0.341 e. The van der Waals surface area contributed by atoms with E-state index in [4.69, 9.17) is 9.88 Å². The molecule has 0 aliphatic heterocycles. The lowest BCUT2D eigenvalue weighted by atomic mass is 10.00. The highest BCUT2D eigenvalue weighted by Gasteiger charge is 2.23. The monoisotopic (exact) mass is 441 g/mol. The number of primary sulfonamides is 1. The number of carbonyl (C=O) groups is 1. The van der Waals surface area contributed by atoms with Crippen LogP contribution in [0.1, 0.15) is 47.6 Å². The molecule has 0 atom stereocenters. The molecule has 0 aliphatic rings. The Balaban J connectivity index is 1.99. The van der Waals surface area contributed by atoms with Crippen LogP contribution in [0.5, 0.6) is 0 Å². The predicted octanol–water partition coefficient (Wildman–Crippen LogP) is 3.55. The van der Waals surface area contributed by atoms with Crippen molar-refractivity contribution in [1.82, 2.24) is 9.78 Å². The molecule has 3 rings (SSSR count). The van der Waals surface area contributed by atoms with Crippen LogP contribution >= 0.6 is 0 Å². The van der Waals surface area contributed by atoms with Crippen LogP contribution in [0.15, 0.2) is 53.4 Å². The van der Waals surface area contributed by atoms with E-state index < -0.39 is 10.0 Å². The summed E-state index contributed by atoms with van der Waals surface area (Å²) in [5.74, 6) is -0.382. The van der Waals surface area contributed by atoms with Crippen LogP contribution in [0.4, 0.5) is 0 Å². The van der Waals surface area contributed by atoms with Crippen molar-refractivity contribution in [3.8, 4) is 11.1 Å². The van der Waals surface area contributed by atoms with Crippen LogP contribution in [0.2, 0.25) is 0 Å². The molecule has 0 aliphatic carbocycles. The first kappa shape index (κ1) is 22.7. The van der Waals surface area contributed by atoms with Gasteiger partial charge in [-0.15, -0.1) is 0 Å². The second-order valence-corrected chi connectivity index (χ2v) is 8.78. The number of carbonyl (C=O) groups excluding carboxylic acids is 1. The molecule has 0 saturated carbocycles. The first-order chi connectivity index (χ1) is 14.8. The fourth-order valence-corrected chi connectivity index (χ4v) is 4.42. The minimum atomic E-state index is -3.83. The number of hydrogen-bond acceptors (Lipinski definition) is 5. The van der Waals surface area contributed by atoms with Gasteiger partial charge in [-0.1, -0.05) is 56.3 Å². The Labute approximate surface area is 182 Å². The second-order valence-electron chi connectivity index (χ2n) is 7.25. The lowest BCUT2D eigenvalue weighted by Crippen LogP contribution is -2.13. The van der Waals surface area contributed by atoms with Gasteiger partial charge in [0.15, 0.2) is 0 Å². The van der Waals surface area contributed by atoms with Gasteiger partial charge in [-0.05, 0) is 30.0 Å². The minimum absolute atomic E-state index is 0.0873.